The van der Waals surface area contributed by atoms with Gasteiger partial charge in [0, 0.05) is 5.56 Å². The SMILES string of the molecule is COc1cc(OC)nc(NC(=S)NS(=O)(=O)c2ccccc2-c2ccccc2)n1. The zero-order valence-electron chi connectivity index (χ0n) is 15.6. The lowest BCUT2D eigenvalue weighted by Crippen LogP contribution is -2.35. The number of rotatable bonds is 6. The van der Waals surface area contributed by atoms with E-state index in [0.717, 1.165) is 5.56 Å². The number of hydrogen-bond donors (Lipinski definition) is 2. The molecule has 150 valence electrons. The van der Waals surface area contributed by atoms with Crippen molar-refractivity contribution in [3.8, 4) is 22.9 Å². The summed E-state index contributed by atoms with van der Waals surface area (Å²) in [5, 5.41) is 2.44. The molecule has 0 aliphatic rings. The normalized spacial score (nSPS) is 10.8. The lowest BCUT2D eigenvalue weighted by molar-refractivity contribution is 0.373. The van der Waals surface area contributed by atoms with E-state index in [1.54, 1.807) is 18.2 Å². The van der Waals surface area contributed by atoms with Gasteiger partial charge in [-0.1, -0.05) is 48.5 Å². The summed E-state index contributed by atoms with van der Waals surface area (Å²) in [5.74, 6) is 0.504. The van der Waals surface area contributed by atoms with Crippen LogP contribution in [0, 0.1) is 0 Å². The Kier molecular flexibility index (Phi) is 6.25. The fraction of sp³-hybridized carbons (Fsp3) is 0.105. The van der Waals surface area contributed by atoms with Gasteiger partial charge in [-0.05, 0) is 23.8 Å². The maximum Gasteiger partial charge on any atom is 0.264 e. The van der Waals surface area contributed by atoms with Gasteiger partial charge in [0.25, 0.3) is 10.0 Å². The molecule has 8 nitrogen and oxygen atoms in total. The molecule has 0 amide bonds. The largest absolute Gasteiger partial charge is 0.481 e. The quantitative estimate of drug-likeness (QED) is 0.576. The van der Waals surface area contributed by atoms with Crippen molar-refractivity contribution in [3.05, 3.63) is 60.7 Å². The van der Waals surface area contributed by atoms with Crippen molar-refractivity contribution in [1.29, 1.82) is 0 Å². The molecule has 0 aliphatic heterocycles. The third kappa shape index (κ3) is 4.98. The van der Waals surface area contributed by atoms with Crippen molar-refractivity contribution in [3.63, 3.8) is 0 Å². The minimum absolute atomic E-state index is 0.0326. The molecule has 0 saturated heterocycles. The zero-order chi connectivity index (χ0) is 20.9. The first-order chi connectivity index (χ1) is 13.9. The fourth-order valence-corrected chi connectivity index (χ4v) is 4.09. The molecule has 3 aromatic rings. The predicted molar refractivity (Wildman–Crippen MR) is 114 cm³/mol. The van der Waals surface area contributed by atoms with Crippen molar-refractivity contribution >= 4 is 33.3 Å². The fourth-order valence-electron chi connectivity index (χ4n) is 2.53. The van der Waals surface area contributed by atoms with E-state index in [9.17, 15) is 8.42 Å². The van der Waals surface area contributed by atoms with Crippen LogP contribution in [0.2, 0.25) is 0 Å². The molecule has 29 heavy (non-hydrogen) atoms. The van der Waals surface area contributed by atoms with Gasteiger partial charge in [0.2, 0.25) is 17.7 Å². The van der Waals surface area contributed by atoms with Crippen molar-refractivity contribution in [2.24, 2.45) is 0 Å². The number of nitrogens with zero attached hydrogens (tertiary/aromatic N) is 2. The molecule has 1 heterocycles. The molecule has 0 bridgehead atoms. The Bertz CT molecular complexity index is 1100. The number of methoxy groups -OCH3 is 2. The molecule has 1 aromatic heterocycles. The van der Waals surface area contributed by atoms with Crippen LogP contribution < -0.4 is 19.5 Å². The average molecular weight is 431 g/mol. The molecule has 3 rings (SSSR count). The Hall–Kier alpha value is -3.24. The summed E-state index contributed by atoms with van der Waals surface area (Å²) in [4.78, 5) is 8.22. The number of anilines is 1. The third-order valence-electron chi connectivity index (χ3n) is 3.81. The maximum absolute atomic E-state index is 12.9. The Morgan fingerprint density at radius 2 is 1.52 bits per heavy atom. The number of nitrogens with one attached hydrogen (secondary N) is 2. The van der Waals surface area contributed by atoms with E-state index < -0.39 is 10.0 Å². The minimum atomic E-state index is -3.96. The summed E-state index contributed by atoms with van der Waals surface area (Å²) >= 11 is 5.14. The summed E-state index contributed by atoms with van der Waals surface area (Å²) in [5.41, 5.74) is 1.33. The first-order valence-electron chi connectivity index (χ1n) is 8.38. The third-order valence-corrected chi connectivity index (χ3v) is 5.55. The smallest absolute Gasteiger partial charge is 0.264 e. The van der Waals surface area contributed by atoms with Gasteiger partial charge in [0.05, 0.1) is 25.2 Å². The van der Waals surface area contributed by atoms with Gasteiger partial charge in [-0.3, -0.25) is 4.72 Å². The lowest BCUT2D eigenvalue weighted by atomic mass is 10.1. The van der Waals surface area contributed by atoms with E-state index in [0.29, 0.717) is 5.56 Å². The molecule has 2 aromatic carbocycles. The van der Waals surface area contributed by atoms with Gasteiger partial charge in [-0.15, -0.1) is 0 Å². The molecule has 0 unspecified atom stereocenters. The highest BCUT2D eigenvalue weighted by molar-refractivity contribution is 7.92. The molecule has 0 aliphatic carbocycles. The molecular formula is C19H18N4O4S2. The number of benzene rings is 2. The number of sulfonamides is 1. The second kappa shape index (κ2) is 8.84. The summed E-state index contributed by atoms with van der Waals surface area (Å²) in [6.45, 7) is 0. The molecule has 0 radical (unpaired) electrons. The highest BCUT2D eigenvalue weighted by atomic mass is 32.2. The van der Waals surface area contributed by atoms with Crippen molar-refractivity contribution in [2.45, 2.75) is 4.90 Å². The summed E-state index contributed by atoms with van der Waals surface area (Å²) in [6, 6.07) is 17.4. The Morgan fingerprint density at radius 3 is 2.14 bits per heavy atom. The monoisotopic (exact) mass is 430 g/mol. The van der Waals surface area contributed by atoms with Crippen LogP contribution in [0.15, 0.2) is 65.6 Å². The number of aromatic nitrogens is 2. The highest BCUT2D eigenvalue weighted by Crippen LogP contribution is 2.27. The van der Waals surface area contributed by atoms with Crippen molar-refractivity contribution < 1.29 is 17.9 Å². The van der Waals surface area contributed by atoms with Gasteiger partial charge >= 0.3 is 0 Å². The van der Waals surface area contributed by atoms with Crippen LogP contribution in [-0.4, -0.2) is 37.7 Å². The number of thiocarbonyl (C=S) groups is 1. The van der Waals surface area contributed by atoms with E-state index in [4.69, 9.17) is 21.7 Å². The van der Waals surface area contributed by atoms with Crippen LogP contribution in [0.1, 0.15) is 0 Å². The van der Waals surface area contributed by atoms with Crippen LogP contribution >= 0.6 is 12.2 Å². The van der Waals surface area contributed by atoms with Crippen LogP contribution in [-0.2, 0) is 10.0 Å². The minimum Gasteiger partial charge on any atom is -0.481 e. The van der Waals surface area contributed by atoms with Crippen LogP contribution in [0.25, 0.3) is 11.1 Å². The van der Waals surface area contributed by atoms with Gasteiger partial charge in [-0.2, -0.15) is 9.97 Å². The van der Waals surface area contributed by atoms with Gasteiger partial charge in [0.15, 0.2) is 5.11 Å². The molecular weight excluding hydrogens is 412 g/mol. The molecule has 0 spiro atoms. The standard InChI is InChI=1S/C19H18N4O4S2/c1-26-16-12-17(27-2)21-18(20-16)22-19(28)23-29(24,25)15-11-7-6-10-14(15)13-8-4-3-5-9-13/h3-12H,1-2H3,(H2,20,21,22,23,28). The van der Waals surface area contributed by atoms with Crippen LogP contribution in [0.5, 0.6) is 11.8 Å². The first kappa shape index (κ1) is 20.5. The summed E-state index contributed by atoms with van der Waals surface area (Å²) < 4.78 is 38.3. The highest BCUT2D eigenvalue weighted by Gasteiger charge is 2.21. The van der Waals surface area contributed by atoms with Gasteiger partial charge in [0.1, 0.15) is 0 Å². The second-order valence-electron chi connectivity index (χ2n) is 5.70. The number of hydrogen-bond acceptors (Lipinski definition) is 7. The summed E-state index contributed by atoms with van der Waals surface area (Å²) in [6.07, 6.45) is 0. The molecule has 0 saturated carbocycles. The predicted octanol–water partition coefficient (Wildman–Crippen LogP) is 2.84. The second-order valence-corrected chi connectivity index (χ2v) is 7.76. The van der Waals surface area contributed by atoms with Crippen molar-refractivity contribution in [1.82, 2.24) is 14.7 Å². The Labute approximate surface area is 174 Å². The van der Waals surface area contributed by atoms with Crippen LogP contribution in [0.3, 0.4) is 0 Å². The van der Waals surface area contributed by atoms with Gasteiger partial charge in [-0.25, -0.2) is 8.42 Å². The summed E-state index contributed by atoms with van der Waals surface area (Å²) in [7, 11) is -1.09. The molecule has 10 heteroatoms. The Morgan fingerprint density at radius 1 is 0.931 bits per heavy atom. The van der Waals surface area contributed by atoms with E-state index >= 15 is 0 Å². The van der Waals surface area contributed by atoms with E-state index in [1.807, 2.05) is 30.3 Å². The van der Waals surface area contributed by atoms with Gasteiger partial charge < -0.3 is 14.8 Å². The van der Waals surface area contributed by atoms with Crippen molar-refractivity contribution in [2.75, 3.05) is 19.5 Å². The van der Waals surface area contributed by atoms with E-state index in [-0.39, 0.29) is 27.7 Å². The zero-order valence-corrected chi connectivity index (χ0v) is 17.3. The Balaban J connectivity index is 1.85. The topological polar surface area (TPSA) is 102 Å². The molecule has 2 N–H and O–H groups in total. The van der Waals surface area contributed by atoms with Crippen LogP contribution in [0.4, 0.5) is 5.95 Å². The van der Waals surface area contributed by atoms with E-state index in [2.05, 4.69) is 20.0 Å². The number of ether oxygens (including phenoxy) is 2. The average Bonchev–Trinajstić information content (AvgIpc) is 2.73. The maximum atomic E-state index is 12.9. The lowest BCUT2D eigenvalue weighted by Gasteiger charge is -2.14. The molecule has 0 fully saturated rings. The van der Waals surface area contributed by atoms with E-state index in [1.165, 1.54) is 26.4 Å². The molecule has 0 atom stereocenters. The first-order valence-corrected chi connectivity index (χ1v) is 10.3.